The smallest absolute Gasteiger partial charge is 0.269 e. The standard InChI is InChI=1S/C21H18N2O8/c1-21(27)10-16(18(24)12-2-6-14(7-3-12)22(28)29)20(26)17(11-21)19(25)13-4-8-15(9-5-13)23(30)31/h2-11,18-19,24-25,27H,1H3/t18-,19+,21?. The van der Waals surface area contributed by atoms with E-state index in [1.165, 1.54) is 55.5 Å². The van der Waals surface area contributed by atoms with Crippen LogP contribution in [0.25, 0.3) is 0 Å². The van der Waals surface area contributed by atoms with E-state index in [0.29, 0.717) is 0 Å². The minimum absolute atomic E-state index is 0.187. The number of ketones is 1. The van der Waals surface area contributed by atoms with Gasteiger partial charge < -0.3 is 15.3 Å². The van der Waals surface area contributed by atoms with E-state index in [4.69, 9.17) is 0 Å². The number of nitro groups is 2. The summed E-state index contributed by atoms with van der Waals surface area (Å²) in [6, 6.07) is 9.85. The van der Waals surface area contributed by atoms with Gasteiger partial charge >= 0.3 is 0 Å². The van der Waals surface area contributed by atoms with E-state index in [-0.39, 0.29) is 33.6 Å². The van der Waals surface area contributed by atoms with Gasteiger partial charge in [0.1, 0.15) is 12.2 Å². The van der Waals surface area contributed by atoms with E-state index in [2.05, 4.69) is 0 Å². The fourth-order valence-electron chi connectivity index (χ4n) is 3.29. The molecule has 1 aliphatic rings. The molecule has 0 aromatic heterocycles. The van der Waals surface area contributed by atoms with Gasteiger partial charge in [0.05, 0.1) is 15.4 Å². The van der Waals surface area contributed by atoms with Crippen LogP contribution in [0, 0.1) is 20.2 Å². The molecule has 0 radical (unpaired) electrons. The lowest BCUT2D eigenvalue weighted by atomic mass is 9.81. The number of rotatable bonds is 6. The molecule has 2 aromatic carbocycles. The van der Waals surface area contributed by atoms with E-state index in [1.807, 2.05) is 0 Å². The minimum atomic E-state index is -1.68. The van der Waals surface area contributed by atoms with Crippen molar-refractivity contribution in [2.24, 2.45) is 0 Å². The van der Waals surface area contributed by atoms with Gasteiger partial charge in [-0.05, 0) is 54.5 Å². The Morgan fingerprint density at radius 2 is 1.10 bits per heavy atom. The molecule has 0 saturated carbocycles. The van der Waals surface area contributed by atoms with Crippen LogP contribution in [0.1, 0.15) is 30.3 Å². The Morgan fingerprint density at radius 1 is 0.774 bits per heavy atom. The highest BCUT2D eigenvalue weighted by Gasteiger charge is 2.36. The molecule has 2 aromatic rings. The molecule has 0 bridgehead atoms. The number of carbonyl (C=O) groups excluding carboxylic acids is 1. The van der Waals surface area contributed by atoms with Crippen molar-refractivity contribution in [2.75, 3.05) is 0 Å². The molecule has 160 valence electrons. The van der Waals surface area contributed by atoms with Crippen LogP contribution in [0.3, 0.4) is 0 Å². The quantitative estimate of drug-likeness (QED) is 0.468. The van der Waals surface area contributed by atoms with Crippen LogP contribution in [0.15, 0.2) is 71.8 Å². The molecule has 10 nitrogen and oxygen atoms in total. The first-order valence-electron chi connectivity index (χ1n) is 9.07. The van der Waals surface area contributed by atoms with Gasteiger partial charge in [0.15, 0.2) is 5.78 Å². The van der Waals surface area contributed by atoms with Crippen LogP contribution in [0.4, 0.5) is 11.4 Å². The number of nitrogens with zero attached hydrogens (tertiary/aromatic N) is 2. The number of hydrogen-bond donors (Lipinski definition) is 3. The molecule has 3 rings (SSSR count). The molecule has 0 aliphatic heterocycles. The molecule has 1 aliphatic carbocycles. The zero-order chi connectivity index (χ0) is 22.9. The second-order valence-electron chi connectivity index (χ2n) is 7.26. The summed E-state index contributed by atoms with van der Waals surface area (Å²) in [6.07, 6.45) is -0.721. The Bertz CT molecular complexity index is 1020. The van der Waals surface area contributed by atoms with Crippen LogP contribution in [-0.2, 0) is 4.79 Å². The Hall–Kier alpha value is -3.73. The maximum atomic E-state index is 13.0. The summed E-state index contributed by atoms with van der Waals surface area (Å²) in [5.74, 6) is -0.733. The maximum absolute atomic E-state index is 13.0. The Balaban J connectivity index is 1.92. The summed E-state index contributed by atoms with van der Waals surface area (Å²) in [7, 11) is 0. The van der Waals surface area contributed by atoms with E-state index in [0.717, 1.165) is 12.2 Å². The van der Waals surface area contributed by atoms with Crippen molar-refractivity contribution in [1.82, 2.24) is 0 Å². The molecule has 0 saturated heterocycles. The summed E-state index contributed by atoms with van der Waals surface area (Å²) >= 11 is 0. The first kappa shape index (κ1) is 22.0. The van der Waals surface area contributed by atoms with Crippen molar-refractivity contribution >= 4 is 17.2 Å². The van der Waals surface area contributed by atoms with Crippen LogP contribution in [-0.4, -0.2) is 36.6 Å². The third kappa shape index (κ3) is 4.56. The molecule has 0 heterocycles. The van der Waals surface area contributed by atoms with E-state index in [1.54, 1.807) is 0 Å². The van der Waals surface area contributed by atoms with Crippen molar-refractivity contribution in [2.45, 2.75) is 24.7 Å². The molecule has 1 unspecified atom stereocenters. The van der Waals surface area contributed by atoms with Gasteiger partial charge in [-0.3, -0.25) is 25.0 Å². The van der Waals surface area contributed by atoms with Crippen molar-refractivity contribution in [3.05, 3.63) is 103 Å². The molecule has 3 N–H and O–H groups in total. The first-order chi connectivity index (χ1) is 14.5. The lowest BCUT2D eigenvalue weighted by Crippen LogP contribution is -2.31. The van der Waals surface area contributed by atoms with Crippen molar-refractivity contribution in [3.63, 3.8) is 0 Å². The van der Waals surface area contributed by atoms with Crippen LogP contribution in [0.2, 0.25) is 0 Å². The summed E-state index contributed by atoms with van der Waals surface area (Å²) < 4.78 is 0. The summed E-state index contributed by atoms with van der Waals surface area (Å²) in [6.45, 7) is 1.35. The second-order valence-corrected chi connectivity index (χ2v) is 7.26. The molecule has 0 spiro atoms. The third-order valence-electron chi connectivity index (χ3n) is 4.85. The second kappa shape index (κ2) is 8.19. The summed E-state index contributed by atoms with van der Waals surface area (Å²) in [5, 5.41) is 53.5. The predicted octanol–water partition coefficient (Wildman–Crippen LogP) is 2.46. The molecule has 10 heteroatoms. The zero-order valence-electron chi connectivity index (χ0n) is 16.2. The number of benzene rings is 2. The minimum Gasteiger partial charge on any atom is -0.384 e. The number of Topliss-reactive ketones (excluding diaryl/α,β-unsaturated/α-hetero) is 1. The third-order valence-corrected chi connectivity index (χ3v) is 4.85. The summed E-state index contributed by atoms with van der Waals surface area (Å²) in [4.78, 5) is 33.4. The monoisotopic (exact) mass is 426 g/mol. The SMILES string of the molecule is CC1(O)C=C([C@@H](O)c2ccc([N+](=O)[O-])cc2)C(=O)C([C@H](O)c2ccc([N+](=O)[O-])cc2)=C1. The molecule has 31 heavy (non-hydrogen) atoms. The fraction of sp³-hybridized carbons (Fsp3) is 0.190. The number of nitro benzene ring substituents is 2. The lowest BCUT2D eigenvalue weighted by molar-refractivity contribution is -0.385. The number of aliphatic hydroxyl groups is 3. The predicted molar refractivity (Wildman–Crippen MR) is 108 cm³/mol. The number of carbonyl (C=O) groups is 1. The van der Waals surface area contributed by atoms with Gasteiger partial charge in [0.25, 0.3) is 11.4 Å². The van der Waals surface area contributed by atoms with Crippen LogP contribution < -0.4 is 0 Å². The van der Waals surface area contributed by atoms with Gasteiger partial charge in [0, 0.05) is 35.4 Å². The average Bonchev–Trinajstić information content (AvgIpc) is 2.74. The fourth-order valence-corrected chi connectivity index (χ4v) is 3.29. The van der Waals surface area contributed by atoms with Crippen molar-refractivity contribution in [3.8, 4) is 0 Å². The van der Waals surface area contributed by atoms with Gasteiger partial charge in [-0.1, -0.05) is 0 Å². The number of hydrogen-bond acceptors (Lipinski definition) is 8. The highest BCUT2D eigenvalue weighted by molar-refractivity contribution is 6.11. The van der Waals surface area contributed by atoms with E-state index in [9.17, 15) is 40.3 Å². The molecular weight excluding hydrogens is 408 g/mol. The Kier molecular flexibility index (Phi) is 5.80. The zero-order valence-corrected chi connectivity index (χ0v) is 16.2. The van der Waals surface area contributed by atoms with Crippen molar-refractivity contribution in [1.29, 1.82) is 0 Å². The van der Waals surface area contributed by atoms with Gasteiger partial charge in [-0.15, -0.1) is 0 Å². The van der Waals surface area contributed by atoms with Crippen LogP contribution in [0.5, 0.6) is 0 Å². The van der Waals surface area contributed by atoms with Crippen LogP contribution >= 0.6 is 0 Å². The van der Waals surface area contributed by atoms with Gasteiger partial charge in [-0.25, -0.2) is 0 Å². The normalized spacial score (nSPS) is 20.5. The maximum Gasteiger partial charge on any atom is 0.269 e. The Labute approximate surface area is 175 Å². The number of aliphatic hydroxyl groups excluding tert-OH is 2. The molecule has 3 atom stereocenters. The summed E-state index contributed by atoms with van der Waals surface area (Å²) in [5.41, 5.74) is -2.11. The number of non-ortho nitro benzene ring substituents is 2. The average molecular weight is 426 g/mol. The van der Waals surface area contributed by atoms with Crippen molar-refractivity contribution < 1.29 is 30.0 Å². The molecule has 0 amide bonds. The topological polar surface area (TPSA) is 164 Å². The first-order valence-corrected chi connectivity index (χ1v) is 9.07. The molecule has 0 fully saturated rings. The van der Waals surface area contributed by atoms with Gasteiger partial charge in [0.2, 0.25) is 0 Å². The molecular formula is C21H18N2O8. The van der Waals surface area contributed by atoms with E-state index < -0.39 is 33.4 Å². The largest absolute Gasteiger partial charge is 0.384 e. The highest BCUT2D eigenvalue weighted by Crippen LogP contribution is 2.36. The lowest BCUT2D eigenvalue weighted by Gasteiger charge is -2.28. The van der Waals surface area contributed by atoms with E-state index >= 15 is 0 Å². The van der Waals surface area contributed by atoms with Gasteiger partial charge in [-0.2, -0.15) is 0 Å². The Morgan fingerprint density at radius 3 is 1.39 bits per heavy atom. The highest BCUT2D eigenvalue weighted by atomic mass is 16.6.